The first-order chi connectivity index (χ1) is 6.22. The van der Waals surface area contributed by atoms with Gasteiger partial charge in [-0.2, -0.15) is 0 Å². The Morgan fingerprint density at radius 3 is 2.69 bits per heavy atom. The third-order valence-corrected chi connectivity index (χ3v) is 2.89. The Morgan fingerprint density at radius 2 is 2.15 bits per heavy atom. The highest BCUT2D eigenvalue weighted by molar-refractivity contribution is 4.82. The summed E-state index contributed by atoms with van der Waals surface area (Å²) in [5, 5.41) is 3.62. The van der Waals surface area contributed by atoms with Crippen molar-refractivity contribution in [2.75, 3.05) is 20.1 Å². The van der Waals surface area contributed by atoms with Gasteiger partial charge in [0, 0.05) is 18.6 Å². The molecule has 1 aliphatic heterocycles. The molecule has 1 aliphatic rings. The van der Waals surface area contributed by atoms with Crippen molar-refractivity contribution >= 4 is 0 Å². The van der Waals surface area contributed by atoms with Crippen LogP contribution >= 0.6 is 0 Å². The molecule has 2 heteroatoms. The number of hydrogen-bond donors (Lipinski definition) is 1. The van der Waals surface area contributed by atoms with E-state index in [0.717, 1.165) is 12.1 Å². The zero-order chi connectivity index (χ0) is 9.68. The Hall–Kier alpha value is -0.0800. The van der Waals surface area contributed by atoms with Crippen LogP contribution in [-0.4, -0.2) is 37.1 Å². The first-order valence-electron chi connectivity index (χ1n) is 5.67. The zero-order valence-electron chi connectivity index (χ0n) is 9.34. The average molecular weight is 184 g/mol. The Bertz CT molecular complexity index is 136. The molecule has 1 N–H and O–H groups in total. The Labute approximate surface area is 82.7 Å². The summed E-state index contributed by atoms with van der Waals surface area (Å²) in [5.74, 6) is 0. The zero-order valence-corrected chi connectivity index (χ0v) is 9.34. The van der Waals surface area contributed by atoms with Gasteiger partial charge in [-0.15, -0.1) is 0 Å². The first-order valence-corrected chi connectivity index (χ1v) is 5.67. The molecule has 0 aromatic rings. The summed E-state index contributed by atoms with van der Waals surface area (Å²) in [6.07, 6.45) is 5.35. The summed E-state index contributed by atoms with van der Waals surface area (Å²) in [7, 11) is 2.24. The minimum atomic E-state index is 0.740. The average Bonchev–Trinajstić information content (AvgIpc) is 2.48. The lowest BCUT2D eigenvalue weighted by atomic mass is 10.2. The van der Waals surface area contributed by atoms with Gasteiger partial charge in [-0.3, -0.25) is 0 Å². The number of hydrogen-bond acceptors (Lipinski definition) is 2. The predicted octanol–water partition coefficient (Wildman–Crippen LogP) is 1.86. The number of nitrogens with one attached hydrogen (secondary N) is 1. The van der Waals surface area contributed by atoms with Crippen LogP contribution in [-0.2, 0) is 0 Å². The molecular formula is C11H24N2. The van der Waals surface area contributed by atoms with Crippen LogP contribution in [0.3, 0.4) is 0 Å². The van der Waals surface area contributed by atoms with Gasteiger partial charge in [-0.25, -0.2) is 0 Å². The fourth-order valence-electron chi connectivity index (χ4n) is 2.06. The third kappa shape index (κ3) is 4.10. The quantitative estimate of drug-likeness (QED) is 0.701. The Balaban J connectivity index is 2.09. The fraction of sp³-hybridized carbons (Fsp3) is 1.00. The van der Waals surface area contributed by atoms with E-state index in [0.29, 0.717) is 0 Å². The molecule has 78 valence electrons. The van der Waals surface area contributed by atoms with Crippen LogP contribution in [0.2, 0.25) is 0 Å². The van der Waals surface area contributed by atoms with E-state index in [1.807, 2.05) is 0 Å². The van der Waals surface area contributed by atoms with Crippen LogP contribution in [0.4, 0.5) is 0 Å². The van der Waals surface area contributed by atoms with E-state index in [1.165, 1.54) is 38.8 Å². The standard InChI is InChI=1S/C11H24N2/c1-4-5-8-13(3)9-11-7-6-10(2)12-11/h10-12H,4-9H2,1-3H3. The van der Waals surface area contributed by atoms with Gasteiger partial charge < -0.3 is 10.2 Å². The van der Waals surface area contributed by atoms with Crippen molar-refractivity contribution in [3.05, 3.63) is 0 Å². The summed E-state index contributed by atoms with van der Waals surface area (Å²) in [6.45, 7) is 7.02. The van der Waals surface area contributed by atoms with Gasteiger partial charge in [0.1, 0.15) is 0 Å². The molecule has 0 spiro atoms. The van der Waals surface area contributed by atoms with Gasteiger partial charge in [-0.1, -0.05) is 13.3 Å². The summed E-state index contributed by atoms with van der Waals surface area (Å²) < 4.78 is 0. The third-order valence-electron chi connectivity index (χ3n) is 2.89. The molecule has 0 saturated carbocycles. The Morgan fingerprint density at radius 1 is 1.38 bits per heavy atom. The minimum absolute atomic E-state index is 0.740. The largest absolute Gasteiger partial charge is 0.310 e. The number of rotatable bonds is 5. The van der Waals surface area contributed by atoms with Crippen molar-refractivity contribution in [2.24, 2.45) is 0 Å². The minimum Gasteiger partial charge on any atom is -0.310 e. The van der Waals surface area contributed by atoms with Crippen LogP contribution in [0, 0.1) is 0 Å². The maximum Gasteiger partial charge on any atom is 0.0197 e. The molecule has 2 nitrogen and oxygen atoms in total. The van der Waals surface area contributed by atoms with Crippen LogP contribution < -0.4 is 5.32 Å². The molecule has 0 amide bonds. The van der Waals surface area contributed by atoms with Gasteiger partial charge >= 0.3 is 0 Å². The normalized spacial score (nSPS) is 28.6. The molecule has 1 rings (SSSR count). The first kappa shape index (κ1) is 11.0. The lowest BCUT2D eigenvalue weighted by Gasteiger charge is -2.21. The van der Waals surface area contributed by atoms with Crippen molar-refractivity contribution < 1.29 is 0 Å². The number of unbranched alkanes of at least 4 members (excludes halogenated alkanes) is 1. The molecule has 0 bridgehead atoms. The number of nitrogens with zero attached hydrogens (tertiary/aromatic N) is 1. The molecule has 1 fully saturated rings. The molecule has 2 atom stereocenters. The summed E-state index contributed by atoms with van der Waals surface area (Å²) in [6, 6.07) is 1.49. The summed E-state index contributed by atoms with van der Waals surface area (Å²) in [5.41, 5.74) is 0. The predicted molar refractivity (Wildman–Crippen MR) is 58.0 cm³/mol. The van der Waals surface area contributed by atoms with Crippen LogP contribution in [0.15, 0.2) is 0 Å². The van der Waals surface area contributed by atoms with E-state index < -0.39 is 0 Å². The molecular weight excluding hydrogens is 160 g/mol. The molecule has 13 heavy (non-hydrogen) atoms. The lowest BCUT2D eigenvalue weighted by molar-refractivity contribution is 0.293. The van der Waals surface area contributed by atoms with Gasteiger partial charge in [0.2, 0.25) is 0 Å². The SMILES string of the molecule is CCCCN(C)CC1CCC(C)N1. The monoisotopic (exact) mass is 184 g/mol. The second-order valence-corrected chi connectivity index (χ2v) is 4.46. The highest BCUT2D eigenvalue weighted by Gasteiger charge is 2.20. The molecule has 1 heterocycles. The topological polar surface area (TPSA) is 15.3 Å². The Kier molecular flexibility index (Phi) is 4.74. The molecule has 0 radical (unpaired) electrons. The van der Waals surface area contributed by atoms with Crippen molar-refractivity contribution in [1.29, 1.82) is 0 Å². The van der Waals surface area contributed by atoms with E-state index in [1.54, 1.807) is 0 Å². The van der Waals surface area contributed by atoms with Crippen LogP contribution in [0.5, 0.6) is 0 Å². The second-order valence-electron chi connectivity index (χ2n) is 4.46. The maximum absolute atomic E-state index is 3.62. The van der Waals surface area contributed by atoms with Crippen LogP contribution in [0.25, 0.3) is 0 Å². The van der Waals surface area contributed by atoms with E-state index in [2.05, 4.69) is 31.1 Å². The lowest BCUT2D eigenvalue weighted by Crippen LogP contribution is -2.37. The maximum atomic E-state index is 3.62. The van der Waals surface area contributed by atoms with Crippen molar-refractivity contribution in [3.8, 4) is 0 Å². The van der Waals surface area contributed by atoms with E-state index >= 15 is 0 Å². The highest BCUT2D eigenvalue weighted by atomic mass is 15.1. The van der Waals surface area contributed by atoms with Gasteiger partial charge in [0.25, 0.3) is 0 Å². The van der Waals surface area contributed by atoms with Crippen molar-refractivity contribution in [1.82, 2.24) is 10.2 Å². The fourth-order valence-corrected chi connectivity index (χ4v) is 2.06. The highest BCUT2D eigenvalue weighted by Crippen LogP contribution is 2.12. The van der Waals surface area contributed by atoms with Crippen LogP contribution in [0.1, 0.15) is 39.5 Å². The van der Waals surface area contributed by atoms with E-state index in [9.17, 15) is 0 Å². The summed E-state index contributed by atoms with van der Waals surface area (Å²) in [4.78, 5) is 2.46. The molecule has 2 unspecified atom stereocenters. The number of likely N-dealkylation sites (N-methyl/N-ethyl adjacent to an activating group) is 1. The smallest absolute Gasteiger partial charge is 0.0197 e. The van der Waals surface area contributed by atoms with Crippen molar-refractivity contribution in [2.45, 2.75) is 51.6 Å². The summed E-state index contributed by atoms with van der Waals surface area (Å²) >= 11 is 0. The molecule has 0 aromatic carbocycles. The van der Waals surface area contributed by atoms with Crippen molar-refractivity contribution in [3.63, 3.8) is 0 Å². The molecule has 1 saturated heterocycles. The molecule has 0 aliphatic carbocycles. The van der Waals surface area contributed by atoms with Gasteiger partial charge in [0.15, 0.2) is 0 Å². The van der Waals surface area contributed by atoms with E-state index in [-0.39, 0.29) is 0 Å². The molecule has 0 aromatic heterocycles. The van der Waals surface area contributed by atoms with Gasteiger partial charge in [-0.05, 0) is 39.8 Å². The second kappa shape index (κ2) is 5.61. The van der Waals surface area contributed by atoms with E-state index in [4.69, 9.17) is 0 Å². The van der Waals surface area contributed by atoms with Gasteiger partial charge in [0.05, 0.1) is 0 Å².